The largest absolute Gasteiger partial charge is 0.384 e. The fourth-order valence-electron chi connectivity index (χ4n) is 4.31. The third-order valence-corrected chi connectivity index (χ3v) is 6.13. The van der Waals surface area contributed by atoms with Crippen LogP contribution in [0.15, 0.2) is 24.3 Å². The maximum atomic E-state index is 12.8. The quantitative estimate of drug-likeness (QED) is 0.783. The first-order chi connectivity index (χ1) is 13.5. The van der Waals surface area contributed by atoms with Crippen molar-refractivity contribution in [1.29, 1.82) is 0 Å². The van der Waals surface area contributed by atoms with Gasteiger partial charge in [0.1, 0.15) is 0 Å². The number of piperidine rings is 2. The zero-order valence-electron chi connectivity index (χ0n) is 17.1. The zero-order valence-corrected chi connectivity index (χ0v) is 17.1. The van der Waals surface area contributed by atoms with Crippen LogP contribution in [0.3, 0.4) is 0 Å². The highest BCUT2D eigenvalue weighted by atomic mass is 16.5. The molecule has 1 aromatic carbocycles. The Labute approximate surface area is 168 Å². The molecule has 0 spiro atoms. The van der Waals surface area contributed by atoms with E-state index in [2.05, 4.69) is 10.6 Å². The van der Waals surface area contributed by atoms with Gasteiger partial charge < -0.3 is 20.3 Å². The minimum atomic E-state index is -0.135. The van der Waals surface area contributed by atoms with E-state index in [1.54, 1.807) is 7.11 Å². The number of benzene rings is 1. The lowest BCUT2D eigenvalue weighted by atomic mass is 9.79. The number of hydrogen-bond acceptors (Lipinski definition) is 4. The molecule has 3 rings (SSSR count). The summed E-state index contributed by atoms with van der Waals surface area (Å²) in [6.45, 7) is 6.45. The highest BCUT2D eigenvalue weighted by molar-refractivity contribution is 5.94. The van der Waals surface area contributed by atoms with Crippen molar-refractivity contribution in [3.05, 3.63) is 35.4 Å². The molecule has 2 aliphatic rings. The van der Waals surface area contributed by atoms with Gasteiger partial charge in [0.2, 0.25) is 5.91 Å². The first kappa shape index (κ1) is 20.8. The van der Waals surface area contributed by atoms with Crippen LogP contribution in [0.1, 0.15) is 41.6 Å². The number of hydrogen-bond donors (Lipinski definition) is 2. The van der Waals surface area contributed by atoms with Gasteiger partial charge >= 0.3 is 0 Å². The molecular formula is C22H33N3O3. The van der Waals surface area contributed by atoms with Crippen molar-refractivity contribution in [2.24, 2.45) is 11.3 Å². The van der Waals surface area contributed by atoms with Crippen molar-refractivity contribution in [2.75, 3.05) is 46.4 Å². The van der Waals surface area contributed by atoms with Crippen LogP contribution in [0.25, 0.3) is 0 Å². The maximum Gasteiger partial charge on any atom is 0.253 e. The molecule has 0 radical (unpaired) electrons. The fourth-order valence-corrected chi connectivity index (χ4v) is 4.31. The number of aryl methyl sites for hydroxylation is 1. The maximum absolute atomic E-state index is 12.8. The van der Waals surface area contributed by atoms with Crippen molar-refractivity contribution in [1.82, 2.24) is 15.5 Å². The van der Waals surface area contributed by atoms with Crippen molar-refractivity contribution in [3.63, 3.8) is 0 Å². The summed E-state index contributed by atoms with van der Waals surface area (Å²) < 4.78 is 5.44. The summed E-state index contributed by atoms with van der Waals surface area (Å²) >= 11 is 0. The standard InChI is InChI=1S/C22H33N3O3/c1-17-5-7-18(8-6-17)21(27)25-13-3-4-19(14-25)20(26)24-15-22(16-28-2)9-11-23-12-10-22/h5-8,19,23H,3-4,9-16H2,1-2H3,(H,24,26). The summed E-state index contributed by atoms with van der Waals surface area (Å²) in [5, 5.41) is 6.54. The Morgan fingerprint density at radius 3 is 2.64 bits per heavy atom. The van der Waals surface area contributed by atoms with E-state index in [4.69, 9.17) is 4.74 Å². The fraction of sp³-hybridized carbons (Fsp3) is 0.636. The van der Waals surface area contributed by atoms with Gasteiger partial charge in [0.25, 0.3) is 5.91 Å². The minimum absolute atomic E-state index is 0.0156. The van der Waals surface area contributed by atoms with Crippen LogP contribution in [0, 0.1) is 18.3 Å². The second kappa shape index (κ2) is 9.52. The van der Waals surface area contributed by atoms with Crippen molar-refractivity contribution in [3.8, 4) is 0 Å². The Kier molecular flexibility index (Phi) is 7.08. The molecule has 0 aromatic heterocycles. The molecule has 154 valence electrons. The summed E-state index contributed by atoms with van der Waals surface area (Å²) in [6, 6.07) is 7.64. The van der Waals surface area contributed by atoms with Crippen LogP contribution in [0.5, 0.6) is 0 Å². The SMILES string of the molecule is COCC1(CNC(=O)C2CCCN(C(=O)c3ccc(C)cc3)C2)CCNCC1. The van der Waals surface area contributed by atoms with E-state index in [1.165, 1.54) is 0 Å². The second-order valence-electron chi connectivity index (χ2n) is 8.36. The predicted octanol–water partition coefficient (Wildman–Crippen LogP) is 1.98. The monoisotopic (exact) mass is 387 g/mol. The molecule has 6 heteroatoms. The van der Waals surface area contributed by atoms with Crippen LogP contribution in [-0.2, 0) is 9.53 Å². The number of nitrogens with zero attached hydrogens (tertiary/aromatic N) is 1. The Bertz CT molecular complexity index is 663. The van der Waals surface area contributed by atoms with Gasteiger partial charge in [-0.2, -0.15) is 0 Å². The second-order valence-corrected chi connectivity index (χ2v) is 8.36. The summed E-state index contributed by atoms with van der Waals surface area (Å²) in [5.74, 6) is -0.0495. The molecule has 2 heterocycles. The zero-order chi connectivity index (χ0) is 20.0. The van der Waals surface area contributed by atoms with E-state index in [9.17, 15) is 9.59 Å². The smallest absolute Gasteiger partial charge is 0.253 e. The predicted molar refractivity (Wildman–Crippen MR) is 109 cm³/mol. The van der Waals surface area contributed by atoms with Crippen LogP contribution >= 0.6 is 0 Å². The van der Waals surface area contributed by atoms with Crippen molar-refractivity contribution >= 4 is 11.8 Å². The summed E-state index contributed by atoms with van der Waals surface area (Å²) in [5.41, 5.74) is 1.85. The first-order valence-electron chi connectivity index (χ1n) is 10.4. The van der Waals surface area contributed by atoms with Gasteiger partial charge in [-0.05, 0) is 57.8 Å². The number of nitrogens with one attached hydrogen (secondary N) is 2. The van der Waals surface area contributed by atoms with E-state index in [-0.39, 0.29) is 23.1 Å². The number of carbonyl (C=O) groups excluding carboxylic acids is 2. The van der Waals surface area contributed by atoms with E-state index >= 15 is 0 Å². The topological polar surface area (TPSA) is 70.7 Å². The van der Waals surface area contributed by atoms with Gasteiger partial charge in [-0.3, -0.25) is 9.59 Å². The van der Waals surface area contributed by atoms with E-state index in [0.717, 1.165) is 50.9 Å². The molecule has 28 heavy (non-hydrogen) atoms. The summed E-state index contributed by atoms with van der Waals surface area (Å²) in [4.78, 5) is 27.4. The lowest BCUT2D eigenvalue weighted by Gasteiger charge is -2.38. The molecule has 1 unspecified atom stereocenters. The number of rotatable bonds is 6. The molecule has 6 nitrogen and oxygen atoms in total. The number of carbonyl (C=O) groups is 2. The molecule has 1 atom stereocenters. The first-order valence-corrected chi connectivity index (χ1v) is 10.4. The Morgan fingerprint density at radius 2 is 1.96 bits per heavy atom. The van der Waals surface area contributed by atoms with Gasteiger partial charge in [-0.25, -0.2) is 0 Å². The number of likely N-dealkylation sites (tertiary alicyclic amines) is 1. The van der Waals surface area contributed by atoms with Crippen molar-refractivity contribution < 1.29 is 14.3 Å². The number of amides is 2. The average molecular weight is 388 g/mol. The molecular weight excluding hydrogens is 354 g/mol. The molecule has 2 amide bonds. The third-order valence-electron chi connectivity index (χ3n) is 6.13. The number of methoxy groups -OCH3 is 1. The van der Waals surface area contributed by atoms with E-state index < -0.39 is 0 Å². The van der Waals surface area contributed by atoms with Gasteiger partial charge in [0.15, 0.2) is 0 Å². The Balaban J connectivity index is 1.56. The minimum Gasteiger partial charge on any atom is -0.384 e. The van der Waals surface area contributed by atoms with Crippen LogP contribution in [0.4, 0.5) is 0 Å². The highest BCUT2D eigenvalue weighted by Gasteiger charge is 2.34. The van der Waals surface area contributed by atoms with Gasteiger partial charge in [-0.15, -0.1) is 0 Å². The molecule has 0 saturated carbocycles. The van der Waals surface area contributed by atoms with Gasteiger partial charge in [0.05, 0.1) is 12.5 Å². The van der Waals surface area contributed by atoms with E-state index in [0.29, 0.717) is 25.3 Å². The Morgan fingerprint density at radius 1 is 1.25 bits per heavy atom. The molecule has 2 fully saturated rings. The number of ether oxygens (including phenoxy) is 1. The highest BCUT2D eigenvalue weighted by Crippen LogP contribution is 2.28. The molecule has 1 aromatic rings. The van der Waals surface area contributed by atoms with Crippen LogP contribution < -0.4 is 10.6 Å². The molecule has 2 aliphatic heterocycles. The average Bonchev–Trinajstić information content (AvgIpc) is 2.73. The van der Waals surface area contributed by atoms with Crippen molar-refractivity contribution in [2.45, 2.75) is 32.6 Å². The van der Waals surface area contributed by atoms with Gasteiger partial charge in [-0.1, -0.05) is 17.7 Å². The Hall–Kier alpha value is -1.92. The molecule has 2 N–H and O–H groups in total. The van der Waals surface area contributed by atoms with E-state index in [1.807, 2.05) is 36.1 Å². The summed E-state index contributed by atoms with van der Waals surface area (Å²) in [7, 11) is 1.72. The third kappa shape index (κ3) is 5.11. The lowest BCUT2D eigenvalue weighted by Crippen LogP contribution is -2.50. The normalized spacial score (nSPS) is 21.9. The molecule has 0 bridgehead atoms. The lowest BCUT2D eigenvalue weighted by molar-refractivity contribution is -0.127. The molecule has 2 saturated heterocycles. The van der Waals surface area contributed by atoms with Gasteiger partial charge in [0, 0.05) is 37.7 Å². The molecule has 0 aliphatic carbocycles. The summed E-state index contributed by atoms with van der Waals surface area (Å²) in [6.07, 6.45) is 3.71. The van der Waals surface area contributed by atoms with Crippen LogP contribution in [0.2, 0.25) is 0 Å². The van der Waals surface area contributed by atoms with Crippen LogP contribution in [-0.4, -0.2) is 63.2 Å².